The van der Waals surface area contributed by atoms with Gasteiger partial charge in [-0.25, -0.2) is 0 Å². The summed E-state index contributed by atoms with van der Waals surface area (Å²) in [5.74, 6) is 0.508. The molecule has 1 aromatic rings. The van der Waals surface area contributed by atoms with Gasteiger partial charge in [-0.15, -0.1) is 0 Å². The molecule has 76 valence electrons. The van der Waals surface area contributed by atoms with Gasteiger partial charge in [-0.3, -0.25) is 0 Å². The van der Waals surface area contributed by atoms with Crippen molar-refractivity contribution in [1.82, 2.24) is 0 Å². The Kier molecular flexibility index (Phi) is 3.76. The van der Waals surface area contributed by atoms with Crippen LogP contribution in [0.3, 0.4) is 0 Å². The van der Waals surface area contributed by atoms with Crippen LogP contribution in [0.4, 0.5) is 5.69 Å². The van der Waals surface area contributed by atoms with E-state index >= 15 is 0 Å². The van der Waals surface area contributed by atoms with E-state index in [1.807, 2.05) is 13.1 Å². The molecular formula is C12H16BrN. The van der Waals surface area contributed by atoms with Gasteiger partial charge >= 0.3 is 0 Å². The van der Waals surface area contributed by atoms with Gasteiger partial charge in [0.25, 0.3) is 0 Å². The average molecular weight is 254 g/mol. The minimum Gasteiger partial charge on any atom is -0.387 e. The summed E-state index contributed by atoms with van der Waals surface area (Å²) >= 11 is 3.51. The zero-order valence-electron chi connectivity index (χ0n) is 8.89. The number of halogens is 1. The van der Waals surface area contributed by atoms with E-state index in [4.69, 9.17) is 0 Å². The van der Waals surface area contributed by atoms with Crippen molar-refractivity contribution in [2.24, 2.45) is 0 Å². The summed E-state index contributed by atoms with van der Waals surface area (Å²) < 4.78 is 1.11. The summed E-state index contributed by atoms with van der Waals surface area (Å²) in [6.45, 7) is 8.20. The lowest BCUT2D eigenvalue weighted by Gasteiger charge is -2.16. The molecule has 0 fully saturated rings. The van der Waals surface area contributed by atoms with E-state index in [0.717, 1.165) is 10.0 Å². The topological polar surface area (TPSA) is 12.0 Å². The van der Waals surface area contributed by atoms with E-state index in [2.05, 4.69) is 53.8 Å². The number of nitrogens with one attached hydrogen (secondary N) is 1. The van der Waals surface area contributed by atoms with Gasteiger partial charge in [-0.05, 0) is 29.2 Å². The Labute approximate surface area is 94.3 Å². The SMILES string of the molecule is C=Cc1cc(Br)cc(C(C)C)c1NC. The number of benzene rings is 1. The number of hydrogen-bond acceptors (Lipinski definition) is 1. The monoisotopic (exact) mass is 253 g/mol. The second-order valence-corrected chi connectivity index (χ2v) is 4.48. The second-order valence-electron chi connectivity index (χ2n) is 3.57. The van der Waals surface area contributed by atoms with E-state index < -0.39 is 0 Å². The fraction of sp³-hybridized carbons (Fsp3) is 0.333. The normalized spacial score (nSPS) is 10.4. The third-order valence-corrected chi connectivity index (χ3v) is 2.71. The molecule has 1 rings (SSSR count). The van der Waals surface area contributed by atoms with Crippen molar-refractivity contribution >= 4 is 27.7 Å². The predicted octanol–water partition coefficient (Wildman–Crippen LogP) is 4.26. The van der Waals surface area contributed by atoms with Crippen LogP contribution in [-0.4, -0.2) is 7.05 Å². The molecule has 1 N–H and O–H groups in total. The maximum Gasteiger partial charge on any atom is 0.0446 e. The Balaban J connectivity index is 3.39. The number of hydrogen-bond donors (Lipinski definition) is 1. The minimum absolute atomic E-state index is 0.508. The minimum atomic E-state index is 0.508. The first-order valence-electron chi connectivity index (χ1n) is 4.73. The molecule has 1 aromatic carbocycles. The Bertz CT molecular complexity index is 342. The lowest BCUT2D eigenvalue weighted by molar-refractivity contribution is 0.867. The lowest BCUT2D eigenvalue weighted by Crippen LogP contribution is -2.00. The second kappa shape index (κ2) is 4.65. The van der Waals surface area contributed by atoms with Crippen LogP contribution >= 0.6 is 15.9 Å². The molecule has 0 bridgehead atoms. The van der Waals surface area contributed by atoms with Crippen molar-refractivity contribution in [3.63, 3.8) is 0 Å². The van der Waals surface area contributed by atoms with Gasteiger partial charge in [0.1, 0.15) is 0 Å². The third-order valence-electron chi connectivity index (χ3n) is 2.26. The van der Waals surface area contributed by atoms with Crippen molar-refractivity contribution < 1.29 is 0 Å². The van der Waals surface area contributed by atoms with E-state index in [9.17, 15) is 0 Å². The highest BCUT2D eigenvalue weighted by atomic mass is 79.9. The summed E-state index contributed by atoms with van der Waals surface area (Å²) in [6.07, 6.45) is 1.88. The van der Waals surface area contributed by atoms with Crippen LogP contribution in [0.2, 0.25) is 0 Å². The van der Waals surface area contributed by atoms with Gasteiger partial charge in [0.15, 0.2) is 0 Å². The standard InChI is InChI=1S/C12H16BrN/c1-5-9-6-10(13)7-11(8(2)3)12(9)14-4/h5-8,14H,1H2,2-4H3. The maximum absolute atomic E-state index is 3.82. The van der Waals surface area contributed by atoms with Gasteiger partial charge in [0, 0.05) is 17.2 Å². The summed E-state index contributed by atoms with van der Waals surface area (Å²) in [5.41, 5.74) is 3.64. The summed E-state index contributed by atoms with van der Waals surface area (Å²) in [7, 11) is 1.95. The molecule has 2 heteroatoms. The first-order chi connectivity index (χ1) is 6.60. The average Bonchev–Trinajstić information content (AvgIpc) is 2.16. The molecule has 0 saturated carbocycles. The molecule has 0 aromatic heterocycles. The molecule has 0 unspecified atom stereocenters. The van der Waals surface area contributed by atoms with E-state index in [0.29, 0.717) is 5.92 Å². The highest BCUT2D eigenvalue weighted by Gasteiger charge is 2.09. The molecule has 0 aliphatic heterocycles. The van der Waals surface area contributed by atoms with E-state index in [1.54, 1.807) is 0 Å². The van der Waals surface area contributed by atoms with Crippen LogP contribution in [0, 0.1) is 0 Å². The Hall–Kier alpha value is -0.760. The fourth-order valence-corrected chi connectivity index (χ4v) is 2.05. The quantitative estimate of drug-likeness (QED) is 0.849. The molecule has 0 spiro atoms. The zero-order valence-corrected chi connectivity index (χ0v) is 10.5. The molecule has 0 amide bonds. The van der Waals surface area contributed by atoms with Crippen molar-refractivity contribution in [2.75, 3.05) is 12.4 Å². The van der Waals surface area contributed by atoms with Crippen molar-refractivity contribution in [2.45, 2.75) is 19.8 Å². The number of rotatable bonds is 3. The van der Waals surface area contributed by atoms with Crippen LogP contribution in [0.15, 0.2) is 23.2 Å². The zero-order chi connectivity index (χ0) is 10.7. The van der Waals surface area contributed by atoms with Crippen molar-refractivity contribution in [3.8, 4) is 0 Å². The summed E-state index contributed by atoms with van der Waals surface area (Å²) in [5, 5.41) is 3.23. The molecule has 0 heterocycles. The van der Waals surface area contributed by atoms with Crippen LogP contribution in [-0.2, 0) is 0 Å². The van der Waals surface area contributed by atoms with E-state index in [-0.39, 0.29) is 0 Å². The first-order valence-corrected chi connectivity index (χ1v) is 5.53. The van der Waals surface area contributed by atoms with Crippen LogP contribution < -0.4 is 5.32 Å². The highest BCUT2D eigenvalue weighted by molar-refractivity contribution is 9.10. The molecule has 0 aliphatic carbocycles. The maximum atomic E-state index is 3.82. The third kappa shape index (κ3) is 2.18. The van der Waals surface area contributed by atoms with Gasteiger partial charge in [-0.2, -0.15) is 0 Å². The van der Waals surface area contributed by atoms with Crippen LogP contribution in [0.5, 0.6) is 0 Å². The van der Waals surface area contributed by atoms with Gasteiger partial charge in [0.05, 0.1) is 0 Å². The molecule has 1 nitrogen and oxygen atoms in total. The van der Waals surface area contributed by atoms with Gasteiger partial charge in [0.2, 0.25) is 0 Å². The first kappa shape index (κ1) is 11.3. The highest BCUT2D eigenvalue weighted by Crippen LogP contribution is 2.31. The lowest BCUT2D eigenvalue weighted by atomic mass is 9.98. The number of anilines is 1. The van der Waals surface area contributed by atoms with Crippen LogP contribution in [0.25, 0.3) is 6.08 Å². The van der Waals surface area contributed by atoms with Gasteiger partial charge in [-0.1, -0.05) is 42.4 Å². The Morgan fingerprint density at radius 1 is 1.43 bits per heavy atom. The fourth-order valence-electron chi connectivity index (χ4n) is 1.55. The predicted molar refractivity (Wildman–Crippen MR) is 67.9 cm³/mol. The molecule has 0 radical (unpaired) electrons. The molecule has 14 heavy (non-hydrogen) atoms. The van der Waals surface area contributed by atoms with Gasteiger partial charge < -0.3 is 5.32 Å². The Morgan fingerprint density at radius 2 is 2.07 bits per heavy atom. The smallest absolute Gasteiger partial charge is 0.0446 e. The Morgan fingerprint density at radius 3 is 2.50 bits per heavy atom. The van der Waals surface area contributed by atoms with Crippen LogP contribution in [0.1, 0.15) is 30.9 Å². The molecule has 0 saturated heterocycles. The van der Waals surface area contributed by atoms with Crippen molar-refractivity contribution in [3.05, 3.63) is 34.3 Å². The van der Waals surface area contributed by atoms with E-state index in [1.165, 1.54) is 11.3 Å². The molecule has 0 aliphatic rings. The molecular weight excluding hydrogens is 238 g/mol. The molecule has 0 atom stereocenters. The summed E-state index contributed by atoms with van der Waals surface area (Å²) in [6, 6.07) is 4.23. The van der Waals surface area contributed by atoms with Crippen molar-refractivity contribution in [1.29, 1.82) is 0 Å². The largest absolute Gasteiger partial charge is 0.387 e. The summed E-state index contributed by atoms with van der Waals surface area (Å²) in [4.78, 5) is 0.